The SMILES string of the molecule is O=C(NCc1ccc(Cl)cc1)NCC(O)c1csc2ccccc12. The third-order valence-corrected chi connectivity index (χ3v) is 4.93. The molecule has 1 atom stereocenters. The number of hydrogen-bond donors (Lipinski definition) is 3. The number of carbonyl (C=O) groups is 1. The molecule has 6 heteroatoms. The zero-order valence-electron chi connectivity index (χ0n) is 12.8. The van der Waals surface area contributed by atoms with Crippen molar-refractivity contribution in [3.05, 3.63) is 70.1 Å². The number of fused-ring (bicyclic) bond motifs is 1. The molecule has 0 spiro atoms. The van der Waals surface area contributed by atoms with Gasteiger partial charge in [-0.25, -0.2) is 4.79 Å². The summed E-state index contributed by atoms with van der Waals surface area (Å²) in [6.45, 7) is 0.563. The molecule has 0 bridgehead atoms. The van der Waals surface area contributed by atoms with Crippen LogP contribution in [0.25, 0.3) is 10.1 Å². The number of aliphatic hydroxyl groups is 1. The first-order valence-electron chi connectivity index (χ1n) is 7.54. The molecule has 124 valence electrons. The van der Waals surface area contributed by atoms with E-state index in [1.807, 2.05) is 41.8 Å². The standard InChI is InChI=1S/C18H17ClN2O2S/c19-13-7-5-12(6-8-13)9-20-18(23)21-10-16(22)15-11-24-17-4-2-1-3-14(15)17/h1-8,11,16,22H,9-10H2,(H2,20,21,23). The maximum Gasteiger partial charge on any atom is 0.315 e. The van der Waals surface area contributed by atoms with Crippen LogP contribution in [0.2, 0.25) is 5.02 Å². The Morgan fingerprint density at radius 2 is 1.88 bits per heavy atom. The van der Waals surface area contributed by atoms with Crippen molar-refractivity contribution in [2.24, 2.45) is 0 Å². The zero-order valence-corrected chi connectivity index (χ0v) is 14.4. The summed E-state index contributed by atoms with van der Waals surface area (Å²) in [6.07, 6.45) is -0.734. The van der Waals surface area contributed by atoms with Gasteiger partial charge >= 0.3 is 6.03 Å². The number of aliphatic hydroxyl groups excluding tert-OH is 1. The summed E-state index contributed by atoms with van der Waals surface area (Å²) < 4.78 is 1.12. The third-order valence-electron chi connectivity index (χ3n) is 3.69. The molecular weight excluding hydrogens is 344 g/mol. The summed E-state index contributed by atoms with van der Waals surface area (Å²) in [6, 6.07) is 14.9. The van der Waals surface area contributed by atoms with Crippen molar-refractivity contribution in [1.29, 1.82) is 0 Å². The maximum absolute atomic E-state index is 11.9. The minimum atomic E-state index is -0.734. The zero-order chi connectivity index (χ0) is 16.9. The number of carbonyl (C=O) groups excluding carboxylic acids is 1. The van der Waals surface area contributed by atoms with Gasteiger partial charge in [-0.15, -0.1) is 11.3 Å². The largest absolute Gasteiger partial charge is 0.387 e. The molecular formula is C18H17ClN2O2S. The fraction of sp³-hybridized carbons (Fsp3) is 0.167. The number of halogens is 1. The first-order chi connectivity index (χ1) is 11.6. The molecule has 2 amide bonds. The lowest BCUT2D eigenvalue weighted by Crippen LogP contribution is -2.37. The predicted molar refractivity (Wildman–Crippen MR) is 98.5 cm³/mol. The first-order valence-corrected chi connectivity index (χ1v) is 8.79. The Morgan fingerprint density at radius 3 is 2.67 bits per heavy atom. The van der Waals surface area contributed by atoms with Gasteiger partial charge in [0.1, 0.15) is 0 Å². The number of urea groups is 1. The van der Waals surface area contributed by atoms with Crippen LogP contribution in [0.3, 0.4) is 0 Å². The van der Waals surface area contributed by atoms with Gasteiger partial charge in [-0.1, -0.05) is 41.9 Å². The van der Waals surface area contributed by atoms with Crippen LogP contribution in [0.1, 0.15) is 17.2 Å². The van der Waals surface area contributed by atoms with E-state index in [4.69, 9.17) is 11.6 Å². The van der Waals surface area contributed by atoms with Gasteiger partial charge in [0.05, 0.1) is 6.10 Å². The van der Waals surface area contributed by atoms with E-state index in [9.17, 15) is 9.90 Å². The Morgan fingerprint density at radius 1 is 1.12 bits per heavy atom. The number of benzene rings is 2. The van der Waals surface area contributed by atoms with Crippen LogP contribution in [0.15, 0.2) is 53.9 Å². The van der Waals surface area contributed by atoms with Crippen molar-refractivity contribution >= 4 is 39.1 Å². The molecule has 0 saturated carbocycles. The van der Waals surface area contributed by atoms with Crippen molar-refractivity contribution in [1.82, 2.24) is 10.6 Å². The fourth-order valence-electron chi connectivity index (χ4n) is 2.40. The van der Waals surface area contributed by atoms with Crippen LogP contribution in [0, 0.1) is 0 Å². The van der Waals surface area contributed by atoms with E-state index in [-0.39, 0.29) is 12.6 Å². The number of nitrogens with one attached hydrogen (secondary N) is 2. The summed E-state index contributed by atoms with van der Waals surface area (Å²) in [5.74, 6) is 0. The average Bonchev–Trinajstić information content (AvgIpc) is 3.03. The summed E-state index contributed by atoms with van der Waals surface area (Å²) in [5.41, 5.74) is 1.80. The van der Waals surface area contributed by atoms with Crippen molar-refractivity contribution in [2.45, 2.75) is 12.6 Å². The molecule has 3 aromatic rings. The monoisotopic (exact) mass is 360 g/mol. The quantitative estimate of drug-likeness (QED) is 0.641. The molecule has 0 fully saturated rings. The van der Waals surface area contributed by atoms with E-state index in [1.165, 1.54) is 0 Å². The van der Waals surface area contributed by atoms with Crippen LogP contribution >= 0.6 is 22.9 Å². The average molecular weight is 361 g/mol. The molecule has 3 rings (SSSR count). The molecule has 4 nitrogen and oxygen atoms in total. The Bertz CT molecular complexity index is 832. The van der Waals surface area contributed by atoms with Gasteiger partial charge in [-0.2, -0.15) is 0 Å². The number of amides is 2. The highest BCUT2D eigenvalue weighted by molar-refractivity contribution is 7.17. The van der Waals surface area contributed by atoms with Crippen LogP contribution in [-0.2, 0) is 6.54 Å². The smallest absolute Gasteiger partial charge is 0.315 e. The van der Waals surface area contributed by atoms with Gasteiger partial charge in [-0.05, 0) is 34.5 Å². The molecule has 0 aliphatic heterocycles. The van der Waals surface area contributed by atoms with Crippen LogP contribution in [0.5, 0.6) is 0 Å². The third kappa shape index (κ3) is 4.06. The minimum absolute atomic E-state index is 0.160. The van der Waals surface area contributed by atoms with Crippen LogP contribution in [-0.4, -0.2) is 17.7 Å². The van der Waals surface area contributed by atoms with Crippen molar-refractivity contribution in [3.63, 3.8) is 0 Å². The fourth-order valence-corrected chi connectivity index (χ4v) is 3.54. The molecule has 0 aliphatic carbocycles. The summed E-state index contributed by atoms with van der Waals surface area (Å²) in [7, 11) is 0. The lowest BCUT2D eigenvalue weighted by Gasteiger charge is -2.12. The molecule has 2 aromatic carbocycles. The Labute approximate surface area is 149 Å². The molecule has 1 unspecified atom stereocenters. The normalized spacial score (nSPS) is 12.1. The second kappa shape index (κ2) is 7.66. The molecule has 1 aromatic heterocycles. The molecule has 24 heavy (non-hydrogen) atoms. The van der Waals surface area contributed by atoms with Crippen molar-refractivity contribution in [2.75, 3.05) is 6.54 Å². The molecule has 3 N–H and O–H groups in total. The van der Waals surface area contributed by atoms with Gasteiger partial charge in [-0.3, -0.25) is 0 Å². The highest BCUT2D eigenvalue weighted by atomic mass is 35.5. The second-order valence-corrected chi connectivity index (χ2v) is 6.74. The highest BCUT2D eigenvalue weighted by Crippen LogP contribution is 2.29. The number of thiophene rings is 1. The van der Waals surface area contributed by atoms with E-state index >= 15 is 0 Å². The molecule has 0 aliphatic rings. The van der Waals surface area contributed by atoms with Gasteiger partial charge < -0.3 is 15.7 Å². The second-order valence-electron chi connectivity index (χ2n) is 5.39. The van der Waals surface area contributed by atoms with Crippen molar-refractivity contribution < 1.29 is 9.90 Å². The Balaban J connectivity index is 1.51. The van der Waals surface area contributed by atoms with E-state index < -0.39 is 6.10 Å². The van der Waals surface area contributed by atoms with E-state index in [2.05, 4.69) is 10.6 Å². The van der Waals surface area contributed by atoms with E-state index in [0.717, 1.165) is 21.2 Å². The summed E-state index contributed by atoms with van der Waals surface area (Å²) in [5, 5.41) is 19.4. The molecule has 0 saturated heterocycles. The lowest BCUT2D eigenvalue weighted by molar-refractivity contribution is 0.174. The maximum atomic E-state index is 11.9. The van der Waals surface area contributed by atoms with Gasteiger partial charge in [0.15, 0.2) is 0 Å². The summed E-state index contributed by atoms with van der Waals surface area (Å²) >= 11 is 7.41. The Hall–Kier alpha value is -2.08. The number of hydrogen-bond acceptors (Lipinski definition) is 3. The topological polar surface area (TPSA) is 61.4 Å². The van der Waals surface area contributed by atoms with Crippen LogP contribution in [0.4, 0.5) is 4.79 Å². The minimum Gasteiger partial charge on any atom is -0.387 e. The van der Waals surface area contributed by atoms with E-state index in [1.54, 1.807) is 23.5 Å². The van der Waals surface area contributed by atoms with Gasteiger partial charge in [0.2, 0.25) is 0 Å². The van der Waals surface area contributed by atoms with Gasteiger partial charge in [0.25, 0.3) is 0 Å². The predicted octanol–water partition coefficient (Wildman–Crippen LogP) is 4.09. The van der Waals surface area contributed by atoms with Gasteiger partial charge in [0, 0.05) is 28.4 Å². The lowest BCUT2D eigenvalue weighted by atomic mass is 10.1. The highest BCUT2D eigenvalue weighted by Gasteiger charge is 2.13. The van der Waals surface area contributed by atoms with Crippen LogP contribution < -0.4 is 10.6 Å². The summed E-state index contributed by atoms with van der Waals surface area (Å²) in [4.78, 5) is 11.9. The van der Waals surface area contributed by atoms with Crippen molar-refractivity contribution in [3.8, 4) is 0 Å². The first kappa shape index (κ1) is 16.8. The number of rotatable bonds is 5. The Kier molecular flexibility index (Phi) is 5.35. The molecule has 1 heterocycles. The molecule has 0 radical (unpaired) electrons. The van der Waals surface area contributed by atoms with E-state index in [0.29, 0.717) is 11.6 Å².